The third-order valence-corrected chi connectivity index (χ3v) is 3.32. The van der Waals surface area contributed by atoms with Gasteiger partial charge in [0.1, 0.15) is 30.5 Å². The lowest BCUT2D eigenvalue weighted by Gasteiger charge is -2.13. The van der Waals surface area contributed by atoms with Gasteiger partial charge in [0.15, 0.2) is 0 Å². The van der Waals surface area contributed by atoms with E-state index in [0.29, 0.717) is 19.6 Å². The van der Waals surface area contributed by atoms with Gasteiger partial charge in [-0.2, -0.15) is 0 Å². The van der Waals surface area contributed by atoms with Crippen LogP contribution in [-0.4, -0.2) is 23.9 Å². The summed E-state index contributed by atoms with van der Waals surface area (Å²) in [6.07, 6.45) is 7.05. The number of benzene rings is 1. The number of ether oxygens (including phenoxy) is 2. The van der Waals surface area contributed by atoms with Crippen LogP contribution < -0.4 is 4.74 Å². The van der Waals surface area contributed by atoms with Crippen molar-refractivity contribution >= 4 is 22.9 Å². The van der Waals surface area contributed by atoms with Gasteiger partial charge >= 0.3 is 0 Å². The number of ketones is 1. The fraction of sp³-hybridized carbons (Fsp3) is 0.294. The second-order valence-corrected chi connectivity index (χ2v) is 5.30. The third kappa shape index (κ3) is 5.16. The van der Waals surface area contributed by atoms with Crippen molar-refractivity contribution in [2.24, 2.45) is 0 Å². The Hall–Kier alpha value is -1.94. The van der Waals surface area contributed by atoms with Crippen molar-refractivity contribution in [2.45, 2.75) is 19.8 Å². The Morgan fingerprint density at radius 3 is 2.57 bits per heavy atom. The van der Waals surface area contributed by atoms with E-state index in [9.17, 15) is 4.79 Å². The highest BCUT2D eigenvalue weighted by molar-refractivity contribution is 7.80. The topological polar surface area (TPSA) is 35.5 Å². The number of hydrogen-bond acceptors (Lipinski definition) is 4. The molecule has 0 saturated heterocycles. The van der Waals surface area contributed by atoms with E-state index in [1.165, 1.54) is 0 Å². The van der Waals surface area contributed by atoms with Crippen molar-refractivity contribution in [2.75, 3.05) is 13.2 Å². The summed E-state index contributed by atoms with van der Waals surface area (Å²) in [6, 6.07) is 7.54. The number of allylic oxidation sites excluding steroid dienone is 4. The van der Waals surface area contributed by atoms with E-state index in [-0.39, 0.29) is 5.78 Å². The molecule has 1 aromatic rings. The molecule has 0 aromatic heterocycles. The summed E-state index contributed by atoms with van der Waals surface area (Å²) >= 11 is 5.21. The van der Waals surface area contributed by atoms with Crippen LogP contribution in [-0.2, 0) is 16.0 Å². The van der Waals surface area contributed by atoms with Gasteiger partial charge in [-0.05, 0) is 30.7 Å². The first-order chi connectivity index (χ1) is 10.1. The van der Waals surface area contributed by atoms with E-state index in [1.807, 2.05) is 42.5 Å². The Bertz CT molecular complexity index is 570. The molecule has 0 radical (unpaired) electrons. The molecule has 0 unspecified atom stereocenters. The Balaban J connectivity index is 1.73. The maximum absolute atomic E-state index is 11.0. The largest absolute Gasteiger partial charge is 0.490 e. The lowest BCUT2D eigenvalue weighted by Crippen LogP contribution is -2.11. The molecule has 4 heteroatoms. The van der Waals surface area contributed by atoms with Crippen molar-refractivity contribution in [1.29, 1.82) is 0 Å². The van der Waals surface area contributed by atoms with Crippen LogP contribution in [0.25, 0.3) is 0 Å². The molecule has 1 aliphatic rings. The normalized spacial score (nSPS) is 13.8. The van der Waals surface area contributed by atoms with Gasteiger partial charge in [-0.1, -0.05) is 36.5 Å². The highest BCUT2D eigenvalue weighted by atomic mass is 32.1. The zero-order valence-corrected chi connectivity index (χ0v) is 12.8. The Labute approximate surface area is 130 Å². The molecule has 0 N–H and O–H groups in total. The molecule has 110 valence electrons. The van der Waals surface area contributed by atoms with Crippen molar-refractivity contribution in [3.8, 4) is 5.75 Å². The zero-order chi connectivity index (χ0) is 15.1. The quantitative estimate of drug-likeness (QED) is 0.571. The first kappa shape index (κ1) is 15.4. The average Bonchev–Trinajstić information content (AvgIpc) is 2.46. The van der Waals surface area contributed by atoms with Gasteiger partial charge in [-0.15, -0.1) is 0 Å². The predicted molar refractivity (Wildman–Crippen MR) is 86.7 cm³/mol. The van der Waals surface area contributed by atoms with Crippen LogP contribution in [0.15, 0.2) is 48.3 Å². The number of carbonyl (C=O) groups excluding carboxylic acids is 1. The van der Waals surface area contributed by atoms with Crippen LogP contribution in [0.2, 0.25) is 0 Å². The SMILES string of the molecule is CC(=O)Cc1ccc(OCCOC2=CC=CCC2=S)cc1. The van der Waals surface area contributed by atoms with Gasteiger partial charge in [-0.25, -0.2) is 0 Å². The molecule has 0 saturated carbocycles. The van der Waals surface area contributed by atoms with E-state index in [2.05, 4.69) is 0 Å². The predicted octanol–water partition coefficient (Wildman–Crippen LogP) is 3.43. The standard InChI is InChI=1S/C17H18O3S/c1-13(18)12-14-6-8-15(9-7-14)19-10-11-20-16-4-2-3-5-17(16)21/h2-4,6-9H,5,10-12H2,1H3. The van der Waals surface area contributed by atoms with E-state index in [0.717, 1.165) is 28.4 Å². The van der Waals surface area contributed by atoms with Crippen molar-refractivity contribution < 1.29 is 14.3 Å². The lowest BCUT2D eigenvalue weighted by atomic mass is 10.1. The first-order valence-corrected chi connectivity index (χ1v) is 7.30. The van der Waals surface area contributed by atoms with E-state index in [4.69, 9.17) is 21.7 Å². The van der Waals surface area contributed by atoms with Crippen molar-refractivity contribution in [3.63, 3.8) is 0 Å². The average molecular weight is 302 g/mol. The Morgan fingerprint density at radius 1 is 1.19 bits per heavy atom. The summed E-state index contributed by atoms with van der Waals surface area (Å²) in [5.74, 6) is 1.68. The molecule has 1 aliphatic carbocycles. The van der Waals surface area contributed by atoms with Gasteiger partial charge in [-0.3, -0.25) is 4.79 Å². The molecule has 2 rings (SSSR count). The Morgan fingerprint density at radius 2 is 1.90 bits per heavy atom. The maximum Gasteiger partial charge on any atom is 0.134 e. The molecule has 3 nitrogen and oxygen atoms in total. The molecule has 0 heterocycles. The van der Waals surface area contributed by atoms with Crippen LogP contribution >= 0.6 is 12.2 Å². The molecule has 0 amide bonds. The fourth-order valence-corrected chi connectivity index (χ4v) is 2.18. The number of rotatable bonds is 7. The summed E-state index contributed by atoms with van der Waals surface area (Å²) < 4.78 is 11.2. The highest BCUT2D eigenvalue weighted by Gasteiger charge is 2.07. The second-order valence-electron chi connectivity index (χ2n) is 4.81. The smallest absolute Gasteiger partial charge is 0.134 e. The summed E-state index contributed by atoms with van der Waals surface area (Å²) in [4.78, 5) is 11.8. The van der Waals surface area contributed by atoms with Gasteiger partial charge in [0.05, 0.1) is 4.86 Å². The van der Waals surface area contributed by atoms with Crippen LogP contribution in [0.1, 0.15) is 18.9 Å². The molecule has 21 heavy (non-hydrogen) atoms. The van der Waals surface area contributed by atoms with Gasteiger partial charge in [0.25, 0.3) is 0 Å². The number of Topliss-reactive ketones (excluding diaryl/α,β-unsaturated/α-hetero) is 1. The van der Waals surface area contributed by atoms with Crippen molar-refractivity contribution in [3.05, 3.63) is 53.8 Å². The minimum Gasteiger partial charge on any atom is -0.490 e. The minimum atomic E-state index is 0.155. The van der Waals surface area contributed by atoms with Crippen LogP contribution in [0.3, 0.4) is 0 Å². The lowest BCUT2D eigenvalue weighted by molar-refractivity contribution is -0.116. The summed E-state index contributed by atoms with van der Waals surface area (Å²) in [5.41, 5.74) is 0.996. The number of carbonyl (C=O) groups is 1. The van der Waals surface area contributed by atoms with Gasteiger partial charge < -0.3 is 9.47 Å². The molecule has 0 aliphatic heterocycles. The van der Waals surface area contributed by atoms with E-state index in [1.54, 1.807) is 6.92 Å². The van der Waals surface area contributed by atoms with Crippen LogP contribution in [0.5, 0.6) is 5.75 Å². The molecular formula is C17H18O3S. The molecule has 0 fully saturated rings. The van der Waals surface area contributed by atoms with Crippen LogP contribution in [0.4, 0.5) is 0 Å². The molecular weight excluding hydrogens is 284 g/mol. The van der Waals surface area contributed by atoms with E-state index >= 15 is 0 Å². The zero-order valence-electron chi connectivity index (χ0n) is 12.0. The monoisotopic (exact) mass is 302 g/mol. The molecule has 0 spiro atoms. The first-order valence-electron chi connectivity index (χ1n) is 6.89. The summed E-state index contributed by atoms with van der Waals surface area (Å²) in [5, 5.41) is 0. The van der Waals surface area contributed by atoms with Gasteiger partial charge in [0.2, 0.25) is 0 Å². The maximum atomic E-state index is 11.0. The van der Waals surface area contributed by atoms with Crippen LogP contribution in [0, 0.1) is 0 Å². The second kappa shape index (κ2) is 7.74. The number of hydrogen-bond donors (Lipinski definition) is 0. The molecule has 0 bridgehead atoms. The van der Waals surface area contributed by atoms with Crippen molar-refractivity contribution in [1.82, 2.24) is 0 Å². The third-order valence-electron chi connectivity index (χ3n) is 2.95. The highest BCUT2D eigenvalue weighted by Crippen LogP contribution is 2.14. The summed E-state index contributed by atoms with van der Waals surface area (Å²) in [6.45, 7) is 2.49. The molecule has 1 aromatic carbocycles. The fourth-order valence-electron chi connectivity index (χ4n) is 1.95. The number of thiocarbonyl (C=S) groups is 1. The van der Waals surface area contributed by atoms with Gasteiger partial charge in [0, 0.05) is 12.8 Å². The minimum absolute atomic E-state index is 0.155. The van der Waals surface area contributed by atoms with E-state index < -0.39 is 0 Å². The molecule has 0 atom stereocenters. The Kier molecular flexibility index (Phi) is 5.69. The summed E-state index contributed by atoms with van der Waals surface area (Å²) in [7, 11) is 0.